The number of ketones is 1. The third kappa shape index (κ3) is 3.15. The molecule has 0 aliphatic heterocycles. The molecule has 1 unspecified atom stereocenters. The minimum atomic E-state index is -0.389. The number of carbonyl (C=O) groups is 1. The highest BCUT2D eigenvalue weighted by Gasteiger charge is 2.29. The number of para-hydroxylation sites is 1. The van der Waals surface area contributed by atoms with Gasteiger partial charge in [-0.05, 0) is 37.1 Å². The number of rotatable bonds is 4. The van der Waals surface area contributed by atoms with E-state index in [0.717, 1.165) is 12.8 Å². The average molecular weight is 388 g/mol. The smallest absolute Gasteiger partial charge is 0.196 e. The highest BCUT2D eigenvalue weighted by Crippen LogP contribution is 2.36. The number of aromatic nitrogens is 3. The second-order valence-electron chi connectivity index (χ2n) is 6.04. The highest BCUT2D eigenvalue weighted by molar-refractivity contribution is 8.00. The SMILES string of the molecule is O=C1CCCC1Sc1nnc(-c2ccccc2Cl)n1-c1ccccc1F. The van der Waals surface area contributed by atoms with Gasteiger partial charge in [-0.2, -0.15) is 0 Å². The van der Waals surface area contributed by atoms with Crippen LogP contribution >= 0.6 is 23.4 Å². The molecular formula is C19H15ClFN3OS. The van der Waals surface area contributed by atoms with Gasteiger partial charge in [0.15, 0.2) is 11.0 Å². The van der Waals surface area contributed by atoms with Crippen LogP contribution in [0.15, 0.2) is 53.7 Å². The Hall–Kier alpha value is -2.18. The van der Waals surface area contributed by atoms with Crippen LogP contribution < -0.4 is 0 Å². The largest absolute Gasteiger partial charge is 0.298 e. The van der Waals surface area contributed by atoms with Crippen LogP contribution in [-0.2, 0) is 4.79 Å². The molecule has 132 valence electrons. The molecular weight excluding hydrogens is 373 g/mol. The van der Waals surface area contributed by atoms with Crippen molar-refractivity contribution >= 4 is 29.1 Å². The number of carbonyl (C=O) groups excluding carboxylic acids is 1. The van der Waals surface area contributed by atoms with Crippen molar-refractivity contribution in [3.8, 4) is 17.1 Å². The van der Waals surface area contributed by atoms with E-state index in [4.69, 9.17) is 11.6 Å². The molecule has 2 aromatic carbocycles. The second-order valence-corrected chi connectivity index (χ2v) is 7.61. The molecule has 0 bridgehead atoms. The maximum absolute atomic E-state index is 14.5. The van der Waals surface area contributed by atoms with Crippen LogP contribution in [0.2, 0.25) is 5.02 Å². The molecule has 1 heterocycles. The van der Waals surface area contributed by atoms with Crippen molar-refractivity contribution < 1.29 is 9.18 Å². The van der Waals surface area contributed by atoms with Gasteiger partial charge in [-0.3, -0.25) is 9.36 Å². The number of Topliss-reactive ketones (excluding diaryl/α,β-unsaturated/α-hetero) is 1. The summed E-state index contributed by atoms with van der Waals surface area (Å²) in [6.07, 6.45) is 2.26. The lowest BCUT2D eigenvalue weighted by Gasteiger charge is -2.13. The molecule has 4 rings (SSSR count). The summed E-state index contributed by atoms with van der Waals surface area (Å²) in [5.41, 5.74) is 0.995. The van der Waals surface area contributed by atoms with Gasteiger partial charge in [0.25, 0.3) is 0 Å². The molecule has 0 saturated heterocycles. The van der Waals surface area contributed by atoms with Crippen molar-refractivity contribution in [3.63, 3.8) is 0 Å². The zero-order chi connectivity index (χ0) is 18.1. The third-order valence-electron chi connectivity index (χ3n) is 4.34. The van der Waals surface area contributed by atoms with E-state index in [9.17, 15) is 9.18 Å². The van der Waals surface area contributed by atoms with Crippen LogP contribution in [0.4, 0.5) is 4.39 Å². The molecule has 0 spiro atoms. The maximum atomic E-state index is 14.5. The van der Waals surface area contributed by atoms with Gasteiger partial charge in [0.05, 0.1) is 16.0 Å². The summed E-state index contributed by atoms with van der Waals surface area (Å²) in [4.78, 5) is 12.1. The second kappa shape index (κ2) is 7.21. The van der Waals surface area contributed by atoms with Crippen molar-refractivity contribution in [2.75, 3.05) is 0 Å². The monoisotopic (exact) mass is 387 g/mol. The number of benzene rings is 2. The van der Waals surface area contributed by atoms with E-state index in [0.29, 0.717) is 33.7 Å². The fourth-order valence-corrected chi connectivity index (χ4v) is 4.44. The summed E-state index contributed by atoms with van der Waals surface area (Å²) in [6, 6.07) is 13.7. The van der Waals surface area contributed by atoms with Gasteiger partial charge < -0.3 is 0 Å². The maximum Gasteiger partial charge on any atom is 0.196 e. The lowest BCUT2D eigenvalue weighted by Crippen LogP contribution is -2.10. The third-order valence-corrected chi connectivity index (χ3v) is 5.93. The molecule has 0 N–H and O–H groups in total. The molecule has 0 amide bonds. The van der Waals surface area contributed by atoms with E-state index >= 15 is 0 Å². The van der Waals surface area contributed by atoms with E-state index in [2.05, 4.69) is 10.2 Å². The lowest BCUT2D eigenvalue weighted by atomic mass is 10.2. The molecule has 1 aromatic heterocycles. The quantitative estimate of drug-likeness (QED) is 0.636. The van der Waals surface area contributed by atoms with Gasteiger partial charge in [0.1, 0.15) is 11.6 Å². The van der Waals surface area contributed by atoms with E-state index in [1.54, 1.807) is 28.8 Å². The Bertz CT molecular complexity index is 975. The van der Waals surface area contributed by atoms with E-state index < -0.39 is 0 Å². The molecule has 7 heteroatoms. The van der Waals surface area contributed by atoms with Crippen LogP contribution in [0, 0.1) is 5.82 Å². The predicted octanol–water partition coefficient (Wildman–Crippen LogP) is 4.94. The van der Waals surface area contributed by atoms with E-state index in [1.165, 1.54) is 17.8 Å². The Morgan fingerprint density at radius 3 is 2.62 bits per heavy atom. The minimum absolute atomic E-state index is 0.163. The summed E-state index contributed by atoms with van der Waals surface area (Å²) in [5, 5.41) is 9.34. The van der Waals surface area contributed by atoms with Crippen molar-refractivity contribution in [1.82, 2.24) is 14.8 Å². The Kier molecular flexibility index (Phi) is 4.78. The Labute approximate surface area is 159 Å². The lowest BCUT2D eigenvalue weighted by molar-refractivity contribution is -0.116. The van der Waals surface area contributed by atoms with Gasteiger partial charge in [0, 0.05) is 12.0 Å². The zero-order valence-corrected chi connectivity index (χ0v) is 15.3. The van der Waals surface area contributed by atoms with E-state index in [1.807, 2.05) is 18.2 Å². The normalized spacial score (nSPS) is 17.0. The van der Waals surface area contributed by atoms with Crippen molar-refractivity contribution in [2.45, 2.75) is 29.7 Å². The molecule has 1 aliphatic rings. The van der Waals surface area contributed by atoms with Crippen molar-refractivity contribution in [2.24, 2.45) is 0 Å². The first-order valence-corrected chi connectivity index (χ1v) is 9.55. The van der Waals surface area contributed by atoms with E-state index in [-0.39, 0.29) is 16.9 Å². The minimum Gasteiger partial charge on any atom is -0.298 e. The topological polar surface area (TPSA) is 47.8 Å². The molecule has 26 heavy (non-hydrogen) atoms. The number of thioether (sulfide) groups is 1. The molecule has 4 nitrogen and oxygen atoms in total. The first-order chi connectivity index (χ1) is 12.6. The average Bonchev–Trinajstić information content (AvgIpc) is 3.23. The molecule has 1 atom stereocenters. The van der Waals surface area contributed by atoms with Gasteiger partial charge in [-0.1, -0.05) is 47.6 Å². The number of hydrogen-bond donors (Lipinski definition) is 0. The van der Waals surface area contributed by atoms with Crippen LogP contribution in [-0.4, -0.2) is 25.8 Å². The first kappa shape index (κ1) is 17.2. The number of nitrogens with zero attached hydrogens (tertiary/aromatic N) is 3. The summed E-state index contributed by atoms with van der Waals surface area (Å²) in [5.74, 6) is 0.270. The highest BCUT2D eigenvalue weighted by atomic mass is 35.5. The van der Waals surface area contributed by atoms with Crippen LogP contribution in [0.1, 0.15) is 19.3 Å². The predicted molar refractivity (Wildman–Crippen MR) is 100 cm³/mol. The van der Waals surface area contributed by atoms with Crippen molar-refractivity contribution in [3.05, 3.63) is 59.4 Å². The molecule has 1 saturated carbocycles. The first-order valence-electron chi connectivity index (χ1n) is 8.30. The molecule has 3 aromatic rings. The van der Waals surface area contributed by atoms with Crippen LogP contribution in [0.25, 0.3) is 17.1 Å². The van der Waals surface area contributed by atoms with Crippen LogP contribution in [0.3, 0.4) is 0 Å². The van der Waals surface area contributed by atoms with Gasteiger partial charge in [0.2, 0.25) is 0 Å². The summed E-state index contributed by atoms with van der Waals surface area (Å²) < 4.78 is 16.2. The summed E-state index contributed by atoms with van der Waals surface area (Å²) in [6.45, 7) is 0. The van der Waals surface area contributed by atoms with Gasteiger partial charge in [-0.15, -0.1) is 10.2 Å². The fraction of sp³-hybridized carbons (Fsp3) is 0.211. The molecule has 1 aliphatic carbocycles. The van der Waals surface area contributed by atoms with Gasteiger partial charge >= 0.3 is 0 Å². The Balaban J connectivity index is 1.86. The molecule has 0 radical (unpaired) electrons. The molecule has 1 fully saturated rings. The standard InChI is InChI=1S/C19H15ClFN3OS/c20-13-7-2-1-6-12(13)18-22-23-19(26-17-11-5-10-16(17)25)24(18)15-9-4-3-8-14(15)21/h1-4,6-9,17H,5,10-11H2. The summed E-state index contributed by atoms with van der Waals surface area (Å²) in [7, 11) is 0. The summed E-state index contributed by atoms with van der Waals surface area (Å²) >= 11 is 7.67. The Morgan fingerprint density at radius 1 is 1.12 bits per heavy atom. The van der Waals surface area contributed by atoms with Gasteiger partial charge in [-0.25, -0.2) is 4.39 Å². The Morgan fingerprint density at radius 2 is 1.88 bits per heavy atom. The fourth-order valence-electron chi connectivity index (χ4n) is 3.05. The van der Waals surface area contributed by atoms with Crippen LogP contribution in [0.5, 0.6) is 0 Å². The zero-order valence-electron chi connectivity index (χ0n) is 13.7. The number of halogens is 2. The van der Waals surface area contributed by atoms with Crippen molar-refractivity contribution in [1.29, 1.82) is 0 Å². The number of hydrogen-bond acceptors (Lipinski definition) is 4.